The molecule has 0 saturated heterocycles. The number of aliphatic hydroxyl groups excluding tert-OH is 1. The second-order valence-corrected chi connectivity index (χ2v) is 12.9. The number of carbonyl (C=O) groups is 2. The zero-order chi connectivity index (χ0) is 34.7. The molecule has 1 unspecified atom stereocenters. The van der Waals surface area contributed by atoms with Gasteiger partial charge in [-0.2, -0.15) is 0 Å². The molecule has 0 amide bonds. The van der Waals surface area contributed by atoms with Gasteiger partial charge in [-0.15, -0.1) is 12.4 Å². The summed E-state index contributed by atoms with van der Waals surface area (Å²) in [6.45, 7) is 4.24. The summed E-state index contributed by atoms with van der Waals surface area (Å²) < 4.78 is 0.947. The van der Waals surface area contributed by atoms with Crippen molar-refractivity contribution in [1.82, 2.24) is 0 Å². The molecule has 0 bridgehead atoms. The number of hydrogen-bond acceptors (Lipinski definition) is 4. The quantitative estimate of drug-likeness (QED) is 0.183. The first-order valence-corrected chi connectivity index (χ1v) is 17.4. The zero-order valence-corrected chi connectivity index (χ0v) is 34.2. The molecule has 0 spiro atoms. The molecule has 0 heterocycles. The van der Waals surface area contributed by atoms with Crippen LogP contribution in [0.5, 0.6) is 0 Å². The molecule has 3 aliphatic carbocycles. The Labute approximate surface area is 346 Å². The van der Waals surface area contributed by atoms with E-state index in [4.69, 9.17) is 0 Å². The average molecular weight is 780 g/mol. The Morgan fingerprint density at radius 3 is 1.46 bits per heavy atom. The van der Waals surface area contributed by atoms with Crippen LogP contribution in [0, 0.1) is 0 Å². The third-order valence-electron chi connectivity index (χ3n) is 9.25. The molecular weight excluding hydrogens is 740 g/mol. The minimum absolute atomic E-state index is 0. The Bertz CT molecular complexity index is 2230. The number of halogens is 2. The van der Waals surface area contributed by atoms with E-state index >= 15 is 0 Å². The van der Waals surface area contributed by atoms with Gasteiger partial charge in [0.15, 0.2) is 11.6 Å². The summed E-state index contributed by atoms with van der Waals surface area (Å²) in [5, 5.41) is 10.3. The van der Waals surface area contributed by atoms with Crippen molar-refractivity contribution in [3.05, 3.63) is 176 Å². The van der Waals surface area contributed by atoms with Crippen LogP contribution >= 0.6 is 28.3 Å². The number of aliphatic hydroxyl groups is 1. The Balaban J connectivity index is 0.000000259. The van der Waals surface area contributed by atoms with Crippen LogP contribution < -0.4 is 35.3 Å². The second kappa shape index (κ2) is 19.0. The Kier molecular flexibility index (Phi) is 15.6. The van der Waals surface area contributed by atoms with E-state index in [1.54, 1.807) is 0 Å². The monoisotopic (exact) mass is 778 g/mol. The maximum Gasteiger partial charge on any atom is 1.00 e. The first-order chi connectivity index (χ1) is 23.9. The van der Waals surface area contributed by atoms with Crippen LogP contribution in [0.4, 0.5) is 0 Å². The molecule has 3 radical (unpaired) electrons. The van der Waals surface area contributed by atoms with Crippen LogP contribution in [0.25, 0.3) is 33.4 Å². The van der Waals surface area contributed by atoms with E-state index < -0.39 is 6.10 Å². The molecule has 4 nitrogen and oxygen atoms in total. The largest absolute Gasteiger partial charge is 1.00 e. The summed E-state index contributed by atoms with van der Waals surface area (Å²) in [5.74, 6) is 0.294. The number of aryl methyl sites for hydroxylation is 2. The van der Waals surface area contributed by atoms with Crippen LogP contribution in [-0.4, -0.2) is 32.1 Å². The summed E-state index contributed by atoms with van der Waals surface area (Å²) in [4.78, 5) is 24.2. The molecule has 0 aliphatic heterocycles. The minimum atomic E-state index is -0.447. The summed E-state index contributed by atoms with van der Waals surface area (Å²) in [6.07, 6.45) is 1.53. The SMILES string of the molecule is CCc1ccc2c(c1)C(=O)c1ccccc1-2.CCc1ccc2c(c1)C(O)c1ccccc1-2.CN.Cl.O=C1c2ccccc2-c2ccc(Br)cc21.[B].[H-].[Na+]. The first kappa shape index (κ1) is 42.8. The molecule has 9 rings (SSSR count). The van der Waals surface area contributed by atoms with Gasteiger partial charge >= 0.3 is 29.6 Å². The molecule has 6 aromatic carbocycles. The van der Waals surface area contributed by atoms with Crippen molar-refractivity contribution >= 4 is 48.3 Å². The summed E-state index contributed by atoms with van der Waals surface area (Å²) >= 11 is 3.38. The fraction of sp³-hybridized carbons (Fsp3) is 0.136. The molecule has 6 aromatic rings. The molecule has 0 aromatic heterocycles. The normalized spacial score (nSPS) is 12.8. The topological polar surface area (TPSA) is 80.4 Å². The van der Waals surface area contributed by atoms with Gasteiger partial charge < -0.3 is 12.3 Å². The molecule has 1 atom stereocenters. The number of carbonyl (C=O) groups excluding carboxylic acids is 2. The van der Waals surface area contributed by atoms with Crippen molar-refractivity contribution in [2.75, 3.05) is 7.05 Å². The van der Waals surface area contributed by atoms with Gasteiger partial charge in [-0.1, -0.05) is 139 Å². The predicted octanol–water partition coefficient (Wildman–Crippen LogP) is 7.16. The van der Waals surface area contributed by atoms with Gasteiger partial charge in [-0.25, -0.2) is 0 Å². The third-order valence-corrected chi connectivity index (χ3v) is 9.74. The van der Waals surface area contributed by atoms with Crippen molar-refractivity contribution in [1.29, 1.82) is 0 Å². The maximum atomic E-state index is 12.2. The number of benzene rings is 6. The van der Waals surface area contributed by atoms with Gasteiger partial charge in [0.05, 0.1) is 0 Å². The van der Waals surface area contributed by atoms with Gasteiger partial charge in [0.1, 0.15) is 6.10 Å². The van der Waals surface area contributed by atoms with Crippen molar-refractivity contribution < 1.29 is 45.7 Å². The van der Waals surface area contributed by atoms with E-state index in [9.17, 15) is 14.7 Å². The fourth-order valence-corrected chi connectivity index (χ4v) is 7.11. The molecule has 257 valence electrons. The van der Waals surface area contributed by atoms with E-state index in [-0.39, 0.29) is 63.4 Å². The Hall–Kier alpha value is -3.59. The maximum absolute atomic E-state index is 12.2. The van der Waals surface area contributed by atoms with Crippen LogP contribution in [0.1, 0.15) is 75.5 Å². The van der Waals surface area contributed by atoms with E-state index in [0.717, 1.165) is 72.9 Å². The Morgan fingerprint density at radius 2 is 0.923 bits per heavy atom. The average Bonchev–Trinajstić information content (AvgIpc) is 3.73. The van der Waals surface area contributed by atoms with Gasteiger partial charge in [-0.3, -0.25) is 9.59 Å². The van der Waals surface area contributed by atoms with Crippen molar-refractivity contribution in [2.24, 2.45) is 5.73 Å². The van der Waals surface area contributed by atoms with E-state index in [0.29, 0.717) is 0 Å². The summed E-state index contributed by atoms with van der Waals surface area (Å²) in [7, 11) is 1.50. The summed E-state index contributed by atoms with van der Waals surface area (Å²) in [6, 6.07) is 42.1. The number of ketones is 2. The van der Waals surface area contributed by atoms with Crippen molar-refractivity contribution in [3.63, 3.8) is 0 Å². The van der Waals surface area contributed by atoms with Crippen LogP contribution in [0.15, 0.2) is 132 Å². The molecule has 8 heteroatoms. The first-order valence-electron chi connectivity index (χ1n) is 16.6. The van der Waals surface area contributed by atoms with E-state index in [1.165, 1.54) is 29.3 Å². The third kappa shape index (κ3) is 8.14. The number of rotatable bonds is 2. The van der Waals surface area contributed by atoms with Gasteiger partial charge in [0, 0.05) is 35.1 Å². The number of hydrogen-bond donors (Lipinski definition) is 2. The molecule has 52 heavy (non-hydrogen) atoms. The molecule has 3 aliphatic rings. The molecule has 0 saturated carbocycles. The fourth-order valence-electron chi connectivity index (χ4n) is 6.75. The Morgan fingerprint density at radius 1 is 0.538 bits per heavy atom. The zero-order valence-electron chi connectivity index (χ0n) is 30.8. The van der Waals surface area contributed by atoms with Crippen LogP contribution in [0.2, 0.25) is 0 Å². The predicted molar refractivity (Wildman–Crippen MR) is 217 cm³/mol. The van der Waals surface area contributed by atoms with Crippen molar-refractivity contribution in [3.8, 4) is 33.4 Å². The number of fused-ring (bicyclic) bond motifs is 9. The minimum Gasteiger partial charge on any atom is -1.00 e. The van der Waals surface area contributed by atoms with Gasteiger partial charge in [0.25, 0.3) is 0 Å². The van der Waals surface area contributed by atoms with Crippen LogP contribution in [0.3, 0.4) is 0 Å². The standard InChI is InChI=1S/C15H14O.C15H12O.C13H7BrO.CH5N.B.ClH.Na.H/c2*1-2-10-7-8-12-11-5-3-4-6-13(11)15(16)14(12)9-10;14-8-5-6-10-9-3-1-2-4-11(9)13(15)12(10)7-8;1-2;;;;/h3-9,15-16H,2H2,1H3;3-9H,2H2,1H3;1-7H;2H2,1H3;;1H;;/q;;;;;;+1;-1. The second-order valence-electron chi connectivity index (χ2n) is 11.9. The molecule has 3 N–H and O–H groups in total. The molecular formula is C44H40BBrClNNaO3. The summed E-state index contributed by atoms with van der Waals surface area (Å²) in [5.41, 5.74) is 19.0. The number of nitrogens with two attached hydrogens (primary N) is 1. The van der Waals surface area contributed by atoms with Crippen molar-refractivity contribution in [2.45, 2.75) is 32.8 Å². The van der Waals surface area contributed by atoms with Gasteiger partial charge in [-0.05, 0) is 93.7 Å². The van der Waals surface area contributed by atoms with E-state index in [1.807, 2.05) is 91.0 Å². The smallest absolute Gasteiger partial charge is 1.00 e. The molecule has 0 fully saturated rings. The van der Waals surface area contributed by atoms with Gasteiger partial charge in [0.2, 0.25) is 0 Å². The van der Waals surface area contributed by atoms with E-state index in [2.05, 4.69) is 71.9 Å². The van der Waals surface area contributed by atoms with Crippen LogP contribution in [-0.2, 0) is 12.8 Å².